The van der Waals surface area contributed by atoms with Crippen LogP contribution >= 0.6 is 11.6 Å². The van der Waals surface area contributed by atoms with Crippen molar-refractivity contribution in [1.82, 2.24) is 20.1 Å². The second-order valence-electron chi connectivity index (χ2n) is 7.97. The molecule has 0 aliphatic carbocycles. The Bertz CT molecular complexity index is 1410. The van der Waals surface area contributed by atoms with Gasteiger partial charge in [-0.2, -0.15) is 18.3 Å². The van der Waals surface area contributed by atoms with Gasteiger partial charge in [-0.15, -0.1) is 0 Å². The van der Waals surface area contributed by atoms with Crippen molar-refractivity contribution in [3.05, 3.63) is 77.6 Å². The number of hydrogen-bond acceptors (Lipinski definition) is 6. The molecule has 2 aromatic carbocycles. The average molecular weight is 550 g/mol. The number of ether oxygens (including phenoxy) is 1. The number of carbonyl (C=O) groups excluding carboxylic acids is 1. The van der Waals surface area contributed by atoms with Gasteiger partial charge in [-0.05, 0) is 49.4 Å². The Morgan fingerprint density at radius 2 is 1.84 bits per heavy atom. The summed E-state index contributed by atoms with van der Waals surface area (Å²) in [5, 5.41) is 19.4. The van der Waals surface area contributed by atoms with Crippen LogP contribution in [-0.4, -0.2) is 57.7 Å². The Morgan fingerprint density at radius 1 is 1.13 bits per heavy atom. The van der Waals surface area contributed by atoms with E-state index in [9.17, 15) is 18.0 Å². The predicted octanol–water partition coefficient (Wildman–Crippen LogP) is 5.22. The zero-order chi connectivity index (χ0) is 27.9. The van der Waals surface area contributed by atoms with Crippen LogP contribution in [0.3, 0.4) is 0 Å². The number of anilines is 2. The average Bonchev–Trinajstić information content (AvgIpc) is 3.29. The summed E-state index contributed by atoms with van der Waals surface area (Å²) in [5.41, 5.74) is 3.13. The van der Waals surface area contributed by atoms with Gasteiger partial charge in [0.1, 0.15) is 0 Å². The molecule has 0 saturated heterocycles. The normalized spacial score (nSPS) is 11.8. The highest BCUT2D eigenvalue weighted by molar-refractivity contribution is 6.33. The minimum atomic E-state index is -5.08. The quantitative estimate of drug-likeness (QED) is 0.289. The number of pyridine rings is 1. The van der Waals surface area contributed by atoms with E-state index >= 15 is 0 Å². The van der Waals surface area contributed by atoms with Crippen molar-refractivity contribution in [2.45, 2.75) is 19.1 Å². The van der Waals surface area contributed by atoms with Gasteiger partial charge in [0, 0.05) is 30.4 Å². The van der Waals surface area contributed by atoms with Crippen molar-refractivity contribution < 1.29 is 32.6 Å². The van der Waals surface area contributed by atoms with Gasteiger partial charge in [0.15, 0.2) is 5.82 Å². The smallest absolute Gasteiger partial charge is 0.475 e. The molecule has 38 heavy (non-hydrogen) atoms. The molecule has 2 heterocycles. The van der Waals surface area contributed by atoms with E-state index in [1.807, 2.05) is 49.4 Å². The van der Waals surface area contributed by atoms with Crippen molar-refractivity contribution in [1.29, 1.82) is 0 Å². The molecule has 0 spiro atoms. The number of halogens is 4. The van der Waals surface area contributed by atoms with E-state index in [2.05, 4.69) is 20.7 Å². The molecule has 9 nitrogen and oxygen atoms in total. The molecule has 4 rings (SSSR count). The molecule has 3 N–H and O–H groups in total. The molecule has 4 aromatic rings. The third-order valence-electron chi connectivity index (χ3n) is 4.98. The topological polar surface area (TPSA) is 118 Å². The highest BCUT2D eigenvalue weighted by Crippen LogP contribution is 2.27. The van der Waals surface area contributed by atoms with Crippen LogP contribution in [0.4, 0.5) is 24.5 Å². The van der Waals surface area contributed by atoms with Crippen LogP contribution in [0.1, 0.15) is 17.3 Å². The van der Waals surface area contributed by atoms with E-state index in [0.29, 0.717) is 23.0 Å². The number of para-hydroxylation sites is 1. The number of fused-ring (bicyclic) bond motifs is 1. The molecule has 1 atom stereocenters. The lowest BCUT2D eigenvalue weighted by molar-refractivity contribution is -0.192. The van der Waals surface area contributed by atoms with Gasteiger partial charge in [-0.25, -0.2) is 14.5 Å². The third-order valence-corrected chi connectivity index (χ3v) is 5.31. The van der Waals surface area contributed by atoms with Crippen LogP contribution in [0.15, 0.2) is 67.0 Å². The van der Waals surface area contributed by atoms with Crippen molar-refractivity contribution in [3.8, 4) is 5.82 Å². The molecule has 0 bridgehead atoms. The molecule has 0 radical (unpaired) electrons. The SMILES string of the molecule is COCC(C)NC(=O)c1ccc(-n2ncc3cc(Nc4ccccc4Cl)ccc32)nc1.O=C(O)C(F)(F)F. The molecule has 0 fully saturated rings. The third kappa shape index (κ3) is 7.43. The largest absolute Gasteiger partial charge is 0.490 e. The number of carboxylic acid groups (broad SMARTS) is 1. The first-order valence-electron chi connectivity index (χ1n) is 11.0. The molecular formula is C25H23ClF3N5O4. The van der Waals surface area contributed by atoms with Crippen molar-refractivity contribution in [3.63, 3.8) is 0 Å². The number of nitrogens with zero attached hydrogens (tertiary/aromatic N) is 3. The number of aromatic nitrogens is 3. The first-order valence-corrected chi connectivity index (χ1v) is 11.4. The van der Waals surface area contributed by atoms with Gasteiger partial charge in [-0.1, -0.05) is 23.7 Å². The lowest BCUT2D eigenvalue weighted by Crippen LogP contribution is -2.35. The Balaban J connectivity index is 0.000000505. The Labute approximate surface area is 220 Å². The summed E-state index contributed by atoms with van der Waals surface area (Å²) in [6.07, 6.45) is -1.76. The van der Waals surface area contributed by atoms with Gasteiger partial charge in [-0.3, -0.25) is 4.79 Å². The number of carboxylic acids is 1. The molecule has 1 unspecified atom stereocenters. The Hall–Kier alpha value is -4.16. The van der Waals surface area contributed by atoms with E-state index in [1.165, 1.54) is 0 Å². The van der Waals surface area contributed by atoms with Crippen molar-refractivity contribution >= 4 is 45.8 Å². The number of rotatable bonds is 7. The summed E-state index contributed by atoms with van der Waals surface area (Å²) in [5.74, 6) is -2.32. The van der Waals surface area contributed by atoms with E-state index < -0.39 is 12.1 Å². The Kier molecular flexibility index (Phi) is 9.26. The van der Waals surface area contributed by atoms with Gasteiger partial charge in [0.2, 0.25) is 0 Å². The van der Waals surface area contributed by atoms with Crippen LogP contribution in [0.2, 0.25) is 5.02 Å². The second-order valence-corrected chi connectivity index (χ2v) is 8.38. The van der Waals surface area contributed by atoms with Gasteiger partial charge in [0.25, 0.3) is 5.91 Å². The van der Waals surface area contributed by atoms with E-state index in [0.717, 1.165) is 22.3 Å². The Morgan fingerprint density at radius 3 is 2.45 bits per heavy atom. The zero-order valence-corrected chi connectivity index (χ0v) is 20.9. The fourth-order valence-corrected chi connectivity index (χ4v) is 3.44. The maximum Gasteiger partial charge on any atom is 0.490 e. The van der Waals surface area contributed by atoms with Crippen LogP contribution in [0, 0.1) is 0 Å². The summed E-state index contributed by atoms with van der Waals surface area (Å²) in [4.78, 5) is 25.6. The van der Waals surface area contributed by atoms with Crippen LogP contribution in [0.25, 0.3) is 16.7 Å². The monoisotopic (exact) mass is 549 g/mol. The van der Waals surface area contributed by atoms with Gasteiger partial charge < -0.3 is 20.5 Å². The number of benzene rings is 2. The van der Waals surface area contributed by atoms with Crippen LogP contribution < -0.4 is 10.6 Å². The number of amides is 1. The summed E-state index contributed by atoms with van der Waals surface area (Å²) < 4.78 is 38.5. The van der Waals surface area contributed by atoms with E-state index in [-0.39, 0.29) is 11.9 Å². The number of aliphatic carboxylic acids is 1. The van der Waals surface area contributed by atoms with Gasteiger partial charge >= 0.3 is 12.1 Å². The number of methoxy groups -OCH3 is 1. The summed E-state index contributed by atoms with van der Waals surface area (Å²) in [6.45, 7) is 2.33. The first kappa shape index (κ1) is 28.4. The molecule has 0 aliphatic heterocycles. The molecule has 0 saturated carbocycles. The lowest BCUT2D eigenvalue weighted by Gasteiger charge is -2.12. The summed E-state index contributed by atoms with van der Waals surface area (Å²) in [7, 11) is 1.60. The maximum absolute atomic E-state index is 12.3. The van der Waals surface area contributed by atoms with Gasteiger partial charge in [0.05, 0.1) is 34.6 Å². The predicted molar refractivity (Wildman–Crippen MR) is 136 cm³/mol. The molecule has 13 heteroatoms. The highest BCUT2D eigenvalue weighted by Gasteiger charge is 2.38. The van der Waals surface area contributed by atoms with E-state index in [4.69, 9.17) is 26.2 Å². The number of hydrogen-bond donors (Lipinski definition) is 3. The zero-order valence-electron chi connectivity index (χ0n) is 20.2. The maximum atomic E-state index is 12.3. The molecule has 0 aliphatic rings. The summed E-state index contributed by atoms with van der Waals surface area (Å²) in [6, 6.07) is 16.9. The second kappa shape index (κ2) is 12.4. The standard InChI is InChI=1S/C23H22ClN5O2.C2HF3O2/c1-15(14-31-2)27-23(30)16-7-10-22(25-12-16)29-21-9-8-18(11-17(21)13-26-29)28-20-6-4-3-5-19(20)24;3-2(4,5)1(6)7/h3-13,15,28H,14H2,1-2H3,(H,27,30);(H,6,7). The highest BCUT2D eigenvalue weighted by atomic mass is 35.5. The lowest BCUT2D eigenvalue weighted by atomic mass is 10.2. The molecular weight excluding hydrogens is 527 g/mol. The van der Waals surface area contributed by atoms with Crippen molar-refractivity contribution in [2.75, 3.05) is 19.0 Å². The van der Waals surface area contributed by atoms with Crippen molar-refractivity contribution in [2.24, 2.45) is 0 Å². The van der Waals surface area contributed by atoms with E-state index in [1.54, 1.807) is 36.3 Å². The number of alkyl halides is 3. The minimum absolute atomic E-state index is 0.0826. The molecule has 2 aromatic heterocycles. The van der Waals surface area contributed by atoms with Crippen LogP contribution in [-0.2, 0) is 9.53 Å². The van der Waals surface area contributed by atoms with Crippen LogP contribution in [0.5, 0.6) is 0 Å². The number of carbonyl (C=O) groups is 2. The molecule has 1 amide bonds. The minimum Gasteiger partial charge on any atom is -0.475 e. The number of nitrogens with one attached hydrogen (secondary N) is 2. The fourth-order valence-electron chi connectivity index (χ4n) is 3.26. The summed E-state index contributed by atoms with van der Waals surface area (Å²) >= 11 is 6.23. The fraction of sp³-hybridized carbons (Fsp3) is 0.200. The first-order chi connectivity index (χ1) is 18.0. The molecule has 200 valence electrons.